The number of para-hydroxylation sites is 1. The van der Waals surface area contributed by atoms with Crippen molar-refractivity contribution in [1.82, 2.24) is 4.31 Å². The summed E-state index contributed by atoms with van der Waals surface area (Å²) in [6.45, 7) is 1.76. The first-order valence-corrected chi connectivity index (χ1v) is 9.45. The zero-order valence-corrected chi connectivity index (χ0v) is 14.8. The van der Waals surface area contributed by atoms with Gasteiger partial charge in [-0.15, -0.1) is 0 Å². The van der Waals surface area contributed by atoms with E-state index in [1.807, 2.05) is 17.0 Å². The Hall–Kier alpha value is -2.38. The molecule has 3 rings (SSSR count). The second kappa shape index (κ2) is 7.25. The minimum absolute atomic E-state index is 0.304. The molecule has 7 heteroatoms. The Balaban J connectivity index is 1.76. The monoisotopic (exact) mass is 360 g/mol. The summed E-state index contributed by atoms with van der Waals surface area (Å²) in [5, 5.41) is 0. The van der Waals surface area contributed by atoms with Gasteiger partial charge in [-0.3, -0.25) is 0 Å². The number of methoxy groups -OCH3 is 1. The van der Waals surface area contributed by atoms with E-state index in [0.29, 0.717) is 36.6 Å². The standard InChI is InChI=1S/C18H20N2O4S/c1-24-18(21)16-9-5-6-10-17(16)19-11-13-20(14-12-19)25(22,23)15-7-3-2-4-8-15/h2-10H,11-14H2,1H3. The number of esters is 1. The van der Waals surface area contributed by atoms with Crippen LogP contribution in [0.3, 0.4) is 0 Å². The van der Waals surface area contributed by atoms with Gasteiger partial charge < -0.3 is 9.64 Å². The Kier molecular flexibility index (Phi) is 5.06. The molecule has 0 unspecified atom stereocenters. The molecule has 0 N–H and O–H groups in total. The number of nitrogens with zero attached hydrogens (tertiary/aromatic N) is 2. The van der Waals surface area contributed by atoms with Crippen LogP contribution in [0.5, 0.6) is 0 Å². The van der Waals surface area contributed by atoms with E-state index in [2.05, 4.69) is 0 Å². The molecular weight excluding hydrogens is 340 g/mol. The molecule has 1 aliphatic heterocycles. The molecule has 2 aromatic carbocycles. The fraction of sp³-hybridized carbons (Fsp3) is 0.278. The molecule has 0 radical (unpaired) electrons. The highest BCUT2D eigenvalue weighted by atomic mass is 32.2. The second-order valence-electron chi connectivity index (χ2n) is 5.71. The Morgan fingerprint density at radius 1 is 0.920 bits per heavy atom. The van der Waals surface area contributed by atoms with Crippen LogP contribution in [0.1, 0.15) is 10.4 Å². The number of hydrogen-bond acceptors (Lipinski definition) is 5. The Bertz CT molecular complexity index is 844. The van der Waals surface area contributed by atoms with Gasteiger partial charge in [0.1, 0.15) is 0 Å². The molecule has 1 saturated heterocycles. The van der Waals surface area contributed by atoms with Crippen LogP contribution in [-0.2, 0) is 14.8 Å². The molecule has 6 nitrogen and oxygen atoms in total. The number of carbonyl (C=O) groups excluding carboxylic acids is 1. The van der Waals surface area contributed by atoms with Crippen LogP contribution in [0.4, 0.5) is 5.69 Å². The van der Waals surface area contributed by atoms with Gasteiger partial charge in [0.05, 0.1) is 23.3 Å². The van der Waals surface area contributed by atoms with Crippen molar-refractivity contribution in [3.63, 3.8) is 0 Å². The summed E-state index contributed by atoms with van der Waals surface area (Å²) in [6, 6.07) is 15.7. The lowest BCUT2D eigenvalue weighted by atomic mass is 10.1. The fourth-order valence-electron chi connectivity index (χ4n) is 2.94. The number of rotatable bonds is 4. The number of piperazine rings is 1. The lowest BCUT2D eigenvalue weighted by molar-refractivity contribution is 0.0601. The average molecular weight is 360 g/mol. The van der Waals surface area contributed by atoms with Crippen molar-refractivity contribution < 1.29 is 17.9 Å². The van der Waals surface area contributed by atoms with Gasteiger partial charge in [0.25, 0.3) is 0 Å². The Morgan fingerprint density at radius 3 is 2.16 bits per heavy atom. The number of anilines is 1. The van der Waals surface area contributed by atoms with E-state index in [9.17, 15) is 13.2 Å². The van der Waals surface area contributed by atoms with Crippen LogP contribution in [-0.4, -0.2) is 52.0 Å². The first kappa shape index (κ1) is 17.4. The van der Waals surface area contributed by atoms with Gasteiger partial charge in [0.15, 0.2) is 0 Å². The molecule has 0 aliphatic carbocycles. The first-order chi connectivity index (χ1) is 12.0. The van der Waals surface area contributed by atoms with E-state index in [1.165, 1.54) is 11.4 Å². The van der Waals surface area contributed by atoms with Gasteiger partial charge in [0.2, 0.25) is 10.0 Å². The summed E-state index contributed by atoms with van der Waals surface area (Å²) in [5.41, 5.74) is 1.26. The van der Waals surface area contributed by atoms with Crippen LogP contribution in [0, 0.1) is 0 Å². The van der Waals surface area contributed by atoms with Crippen molar-refractivity contribution in [3.05, 3.63) is 60.2 Å². The summed E-state index contributed by atoms with van der Waals surface area (Å²) in [5.74, 6) is -0.394. The molecule has 132 valence electrons. The third-order valence-electron chi connectivity index (χ3n) is 4.27. The fourth-order valence-corrected chi connectivity index (χ4v) is 4.39. The van der Waals surface area contributed by atoms with Crippen LogP contribution >= 0.6 is 0 Å². The molecule has 1 heterocycles. The molecular formula is C18H20N2O4S. The number of ether oxygens (including phenoxy) is 1. The van der Waals surface area contributed by atoms with Gasteiger partial charge in [-0.25, -0.2) is 13.2 Å². The molecule has 0 bridgehead atoms. The molecule has 0 spiro atoms. The highest BCUT2D eigenvalue weighted by Crippen LogP contribution is 2.24. The van der Waals surface area contributed by atoms with Crippen LogP contribution in [0.15, 0.2) is 59.5 Å². The van der Waals surface area contributed by atoms with E-state index >= 15 is 0 Å². The molecule has 2 aromatic rings. The SMILES string of the molecule is COC(=O)c1ccccc1N1CCN(S(=O)(=O)c2ccccc2)CC1. The van der Waals surface area contributed by atoms with Crippen molar-refractivity contribution >= 4 is 21.7 Å². The zero-order chi connectivity index (χ0) is 17.9. The van der Waals surface area contributed by atoms with Gasteiger partial charge in [-0.1, -0.05) is 30.3 Å². The predicted octanol–water partition coefficient (Wildman–Crippen LogP) is 1.98. The van der Waals surface area contributed by atoms with Crippen molar-refractivity contribution in [2.45, 2.75) is 4.90 Å². The molecule has 0 saturated carbocycles. The van der Waals surface area contributed by atoms with E-state index in [-0.39, 0.29) is 0 Å². The van der Waals surface area contributed by atoms with Gasteiger partial charge in [-0.05, 0) is 24.3 Å². The van der Waals surface area contributed by atoms with Crippen LogP contribution in [0.25, 0.3) is 0 Å². The summed E-state index contributed by atoms with van der Waals surface area (Å²) in [6.07, 6.45) is 0. The summed E-state index contributed by atoms with van der Waals surface area (Å²) >= 11 is 0. The summed E-state index contributed by atoms with van der Waals surface area (Å²) in [7, 11) is -2.13. The largest absolute Gasteiger partial charge is 0.465 e. The lowest BCUT2D eigenvalue weighted by Gasteiger charge is -2.36. The van der Waals surface area contributed by atoms with Crippen LogP contribution in [0.2, 0.25) is 0 Å². The van der Waals surface area contributed by atoms with E-state index in [0.717, 1.165) is 5.69 Å². The van der Waals surface area contributed by atoms with E-state index in [1.54, 1.807) is 42.5 Å². The first-order valence-electron chi connectivity index (χ1n) is 8.01. The smallest absolute Gasteiger partial charge is 0.339 e. The maximum atomic E-state index is 12.7. The van der Waals surface area contributed by atoms with E-state index in [4.69, 9.17) is 4.74 Å². The van der Waals surface area contributed by atoms with Crippen molar-refractivity contribution in [2.75, 3.05) is 38.2 Å². The average Bonchev–Trinajstić information content (AvgIpc) is 2.68. The Morgan fingerprint density at radius 2 is 1.52 bits per heavy atom. The van der Waals surface area contributed by atoms with Gasteiger partial charge >= 0.3 is 5.97 Å². The zero-order valence-electron chi connectivity index (χ0n) is 14.0. The Labute approximate surface area is 147 Å². The third kappa shape index (κ3) is 3.52. The molecule has 25 heavy (non-hydrogen) atoms. The molecule has 0 amide bonds. The second-order valence-corrected chi connectivity index (χ2v) is 7.65. The minimum atomic E-state index is -3.48. The predicted molar refractivity (Wildman–Crippen MR) is 95.2 cm³/mol. The highest BCUT2D eigenvalue weighted by Gasteiger charge is 2.29. The topological polar surface area (TPSA) is 66.9 Å². The number of sulfonamides is 1. The maximum absolute atomic E-state index is 12.7. The maximum Gasteiger partial charge on any atom is 0.339 e. The minimum Gasteiger partial charge on any atom is -0.465 e. The van der Waals surface area contributed by atoms with Crippen molar-refractivity contribution in [1.29, 1.82) is 0 Å². The number of carbonyl (C=O) groups is 1. The third-order valence-corrected chi connectivity index (χ3v) is 6.18. The summed E-state index contributed by atoms with van der Waals surface area (Å²) in [4.78, 5) is 14.3. The normalized spacial score (nSPS) is 15.8. The highest BCUT2D eigenvalue weighted by molar-refractivity contribution is 7.89. The summed E-state index contributed by atoms with van der Waals surface area (Å²) < 4.78 is 31.7. The molecule has 0 atom stereocenters. The van der Waals surface area contributed by atoms with E-state index < -0.39 is 16.0 Å². The lowest BCUT2D eigenvalue weighted by Crippen LogP contribution is -2.49. The molecule has 0 aromatic heterocycles. The number of hydrogen-bond donors (Lipinski definition) is 0. The van der Waals surface area contributed by atoms with Gasteiger partial charge in [0, 0.05) is 26.2 Å². The molecule has 1 fully saturated rings. The van der Waals surface area contributed by atoms with Crippen molar-refractivity contribution in [3.8, 4) is 0 Å². The van der Waals surface area contributed by atoms with Gasteiger partial charge in [-0.2, -0.15) is 4.31 Å². The molecule has 1 aliphatic rings. The quantitative estimate of drug-likeness (QED) is 0.780. The van der Waals surface area contributed by atoms with Crippen LogP contribution < -0.4 is 4.90 Å². The van der Waals surface area contributed by atoms with Crippen molar-refractivity contribution in [2.24, 2.45) is 0 Å². The number of benzene rings is 2.